The topological polar surface area (TPSA) is 107 Å². The summed E-state index contributed by atoms with van der Waals surface area (Å²) in [6, 6.07) is 12.3. The summed E-state index contributed by atoms with van der Waals surface area (Å²) >= 11 is 0. The zero-order chi connectivity index (χ0) is 21.3. The van der Waals surface area contributed by atoms with Crippen LogP contribution in [0, 0.1) is 0 Å². The van der Waals surface area contributed by atoms with E-state index in [0.29, 0.717) is 36.1 Å². The molecule has 0 saturated carbocycles. The molecule has 0 aliphatic carbocycles. The molecular weight excluding hydrogens is 390 g/mol. The minimum absolute atomic E-state index is 0.00714. The highest BCUT2D eigenvalue weighted by Gasteiger charge is 2.13. The van der Waals surface area contributed by atoms with Crippen LogP contribution in [-0.2, 0) is 16.1 Å². The maximum absolute atomic E-state index is 12.2. The molecule has 0 saturated heterocycles. The van der Waals surface area contributed by atoms with Crippen LogP contribution in [0.4, 0.5) is 10.5 Å². The van der Waals surface area contributed by atoms with Crippen LogP contribution < -0.4 is 25.0 Å². The van der Waals surface area contributed by atoms with Crippen molar-refractivity contribution >= 4 is 23.4 Å². The zero-order valence-electron chi connectivity index (χ0n) is 16.8. The lowest BCUT2D eigenvalue weighted by Crippen LogP contribution is -2.22. The molecule has 2 amide bonds. The number of hydrazone groups is 1. The monoisotopic (exact) mass is 413 g/mol. The number of benzene rings is 2. The fraction of sp³-hybridized carbons (Fsp3) is 0.286. The van der Waals surface area contributed by atoms with E-state index in [9.17, 15) is 9.59 Å². The quantitative estimate of drug-likeness (QED) is 0.534. The van der Waals surface area contributed by atoms with Gasteiger partial charge in [-0.05, 0) is 36.8 Å². The Bertz CT molecular complexity index is 927. The largest absolute Gasteiger partial charge is 0.497 e. The van der Waals surface area contributed by atoms with Gasteiger partial charge in [-0.15, -0.1) is 0 Å². The second-order valence-electron chi connectivity index (χ2n) is 6.47. The van der Waals surface area contributed by atoms with E-state index in [1.54, 1.807) is 56.5 Å². The Balaban J connectivity index is 1.42. The number of nitrogens with one attached hydrogen (secondary N) is 2. The molecule has 0 aromatic heterocycles. The highest BCUT2D eigenvalue weighted by Crippen LogP contribution is 2.32. The van der Waals surface area contributed by atoms with Crippen LogP contribution in [0.3, 0.4) is 0 Å². The van der Waals surface area contributed by atoms with Gasteiger partial charge in [0.2, 0.25) is 5.91 Å². The predicted octanol–water partition coefficient (Wildman–Crippen LogP) is 3.10. The fourth-order valence-electron chi connectivity index (χ4n) is 2.64. The number of carbonyl (C=O) groups is 2. The summed E-state index contributed by atoms with van der Waals surface area (Å²) < 4.78 is 21.1. The summed E-state index contributed by atoms with van der Waals surface area (Å²) in [5, 5.41) is 6.64. The number of fused-ring (bicyclic) bond motifs is 1. The molecule has 2 N–H and O–H groups in total. The molecule has 0 radical (unpaired) electrons. The summed E-state index contributed by atoms with van der Waals surface area (Å²) in [7, 11) is 1.58. The fourth-order valence-corrected chi connectivity index (χ4v) is 2.64. The van der Waals surface area contributed by atoms with Crippen molar-refractivity contribution < 1.29 is 28.5 Å². The number of rotatable bonds is 7. The Morgan fingerprint density at radius 3 is 2.53 bits per heavy atom. The predicted molar refractivity (Wildman–Crippen MR) is 110 cm³/mol. The second kappa shape index (κ2) is 10.1. The molecule has 0 bridgehead atoms. The van der Waals surface area contributed by atoms with Crippen molar-refractivity contribution in [3.8, 4) is 17.2 Å². The number of methoxy groups -OCH3 is 1. The van der Waals surface area contributed by atoms with Crippen LogP contribution in [0.5, 0.6) is 17.2 Å². The first-order valence-corrected chi connectivity index (χ1v) is 9.32. The molecule has 9 heteroatoms. The number of amides is 2. The van der Waals surface area contributed by atoms with Crippen molar-refractivity contribution in [2.45, 2.75) is 20.0 Å². The van der Waals surface area contributed by atoms with E-state index in [2.05, 4.69) is 15.8 Å². The van der Waals surface area contributed by atoms with Crippen molar-refractivity contribution in [3.63, 3.8) is 0 Å². The smallest absolute Gasteiger partial charge is 0.428 e. The third kappa shape index (κ3) is 6.13. The Labute approximate surface area is 174 Å². The number of nitrogens with zero attached hydrogens (tertiary/aromatic N) is 1. The average molecular weight is 413 g/mol. The minimum Gasteiger partial charge on any atom is -0.497 e. The third-order valence-corrected chi connectivity index (χ3v) is 4.11. The highest BCUT2D eigenvalue weighted by molar-refractivity contribution is 6.05. The van der Waals surface area contributed by atoms with Gasteiger partial charge in [-0.2, -0.15) is 5.10 Å². The average Bonchev–Trinajstić information content (AvgIpc) is 2.76. The molecule has 0 fully saturated rings. The van der Waals surface area contributed by atoms with Gasteiger partial charge in [0.15, 0.2) is 11.5 Å². The van der Waals surface area contributed by atoms with Crippen molar-refractivity contribution in [2.24, 2.45) is 5.10 Å². The van der Waals surface area contributed by atoms with Gasteiger partial charge >= 0.3 is 6.09 Å². The molecule has 9 nitrogen and oxygen atoms in total. The molecule has 2 aromatic rings. The number of hydrogen-bond donors (Lipinski definition) is 2. The minimum atomic E-state index is -0.711. The second-order valence-corrected chi connectivity index (χ2v) is 6.47. The molecule has 158 valence electrons. The van der Waals surface area contributed by atoms with Crippen LogP contribution in [0.1, 0.15) is 18.9 Å². The summed E-state index contributed by atoms with van der Waals surface area (Å²) in [5.41, 5.74) is 4.09. The molecule has 0 atom stereocenters. The van der Waals surface area contributed by atoms with Crippen LogP contribution in [0.15, 0.2) is 47.6 Å². The molecule has 0 unspecified atom stereocenters. The van der Waals surface area contributed by atoms with E-state index < -0.39 is 6.09 Å². The Morgan fingerprint density at radius 1 is 1.07 bits per heavy atom. The van der Waals surface area contributed by atoms with Crippen LogP contribution >= 0.6 is 0 Å². The van der Waals surface area contributed by atoms with Crippen LogP contribution in [-0.4, -0.2) is 38.0 Å². The van der Waals surface area contributed by atoms with Crippen LogP contribution in [0.2, 0.25) is 0 Å². The summed E-state index contributed by atoms with van der Waals surface area (Å²) in [4.78, 5) is 23.9. The standard InChI is InChI=1S/C21H23N3O6/c1-14(23-24-21(26)30-13-15-3-6-17(27-2)7-4-15)11-20(25)22-16-5-8-18-19(12-16)29-10-9-28-18/h3-8,12H,9-11,13H2,1-2H3,(H,22,25)(H,24,26)/b23-14-. The van der Waals surface area contributed by atoms with Crippen molar-refractivity contribution in [1.82, 2.24) is 5.43 Å². The number of anilines is 1. The van der Waals surface area contributed by atoms with Gasteiger partial charge in [-0.1, -0.05) is 12.1 Å². The Hall–Kier alpha value is -3.75. The van der Waals surface area contributed by atoms with E-state index in [0.717, 1.165) is 11.3 Å². The van der Waals surface area contributed by atoms with Crippen molar-refractivity contribution in [3.05, 3.63) is 48.0 Å². The summed E-state index contributed by atoms with van der Waals surface area (Å²) in [5.74, 6) is 1.68. The molecular formula is C21H23N3O6. The molecule has 1 aliphatic heterocycles. The maximum atomic E-state index is 12.2. The lowest BCUT2D eigenvalue weighted by atomic mass is 10.2. The summed E-state index contributed by atoms with van der Waals surface area (Å²) in [6.07, 6.45) is -0.704. The normalized spacial score (nSPS) is 12.7. The number of ether oxygens (including phenoxy) is 4. The number of carbonyl (C=O) groups excluding carboxylic acids is 2. The lowest BCUT2D eigenvalue weighted by molar-refractivity contribution is -0.115. The first-order chi connectivity index (χ1) is 14.5. The van der Waals surface area contributed by atoms with E-state index >= 15 is 0 Å². The van der Waals surface area contributed by atoms with Crippen molar-refractivity contribution in [2.75, 3.05) is 25.6 Å². The first kappa shape index (κ1) is 21.0. The zero-order valence-corrected chi connectivity index (χ0v) is 16.8. The van der Waals surface area contributed by atoms with E-state index in [1.807, 2.05) is 0 Å². The Kier molecular flexibility index (Phi) is 7.09. The molecule has 1 aliphatic rings. The lowest BCUT2D eigenvalue weighted by Gasteiger charge is -2.19. The van der Waals surface area contributed by atoms with Gasteiger partial charge in [-0.3, -0.25) is 4.79 Å². The third-order valence-electron chi connectivity index (χ3n) is 4.11. The molecule has 1 heterocycles. The van der Waals surface area contributed by atoms with E-state index in [1.165, 1.54) is 0 Å². The van der Waals surface area contributed by atoms with Gasteiger partial charge < -0.3 is 24.3 Å². The summed E-state index contributed by atoms with van der Waals surface area (Å²) in [6.45, 7) is 2.70. The Morgan fingerprint density at radius 2 is 1.80 bits per heavy atom. The molecule has 3 rings (SSSR count). The highest BCUT2D eigenvalue weighted by atomic mass is 16.6. The molecule has 30 heavy (non-hydrogen) atoms. The maximum Gasteiger partial charge on any atom is 0.428 e. The first-order valence-electron chi connectivity index (χ1n) is 9.32. The molecule has 0 spiro atoms. The number of hydrogen-bond acceptors (Lipinski definition) is 7. The SMILES string of the molecule is COc1ccc(COC(=O)N/N=C(/C)CC(=O)Nc2ccc3c(c2)OCCO3)cc1. The van der Waals surface area contributed by atoms with Gasteiger partial charge in [0.05, 0.1) is 13.5 Å². The van der Waals surface area contributed by atoms with Gasteiger partial charge in [0, 0.05) is 17.5 Å². The van der Waals surface area contributed by atoms with Gasteiger partial charge in [0.25, 0.3) is 0 Å². The van der Waals surface area contributed by atoms with Crippen molar-refractivity contribution in [1.29, 1.82) is 0 Å². The molecule has 2 aromatic carbocycles. The van der Waals surface area contributed by atoms with E-state index in [-0.39, 0.29) is 18.9 Å². The van der Waals surface area contributed by atoms with Gasteiger partial charge in [0.1, 0.15) is 25.6 Å². The van der Waals surface area contributed by atoms with E-state index in [4.69, 9.17) is 18.9 Å². The van der Waals surface area contributed by atoms with Crippen LogP contribution in [0.25, 0.3) is 0 Å². The van der Waals surface area contributed by atoms with Gasteiger partial charge in [-0.25, -0.2) is 10.2 Å².